The molecular formula is C24H22ClN3O2S. The molecule has 1 N–H and O–H groups in total. The molecule has 1 atom stereocenters. The lowest BCUT2D eigenvalue weighted by Crippen LogP contribution is -2.27. The Morgan fingerprint density at radius 3 is 2.52 bits per heavy atom. The Labute approximate surface area is 191 Å². The predicted molar refractivity (Wildman–Crippen MR) is 129 cm³/mol. The maximum Gasteiger partial charge on any atom is 0.255 e. The molecule has 1 aliphatic rings. The van der Waals surface area contributed by atoms with Crippen molar-refractivity contribution in [3.8, 4) is 0 Å². The molecule has 5 nitrogen and oxygen atoms in total. The van der Waals surface area contributed by atoms with Crippen LogP contribution in [-0.4, -0.2) is 31.7 Å². The molecule has 158 valence electrons. The zero-order valence-corrected chi connectivity index (χ0v) is 18.8. The van der Waals surface area contributed by atoms with Crippen molar-refractivity contribution in [1.29, 1.82) is 0 Å². The Hall–Kier alpha value is -2.96. The van der Waals surface area contributed by atoms with Crippen molar-refractivity contribution in [2.75, 3.05) is 35.0 Å². The lowest BCUT2D eigenvalue weighted by Gasteiger charge is -2.25. The van der Waals surface area contributed by atoms with E-state index in [1.165, 1.54) is 0 Å². The van der Waals surface area contributed by atoms with Crippen LogP contribution in [0.15, 0.2) is 72.8 Å². The van der Waals surface area contributed by atoms with Crippen molar-refractivity contribution in [2.24, 2.45) is 0 Å². The number of benzene rings is 3. The predicted octanol–water partition coefficient (Wildman–Crippen LogP) is 5.44. The van der Waals surface area contributed by atoms with Crippen LogP contribution in [0.5, 0.6) is 0 Å². The summed E-state index contributed by atoms with van der Waals surface area (Å²) in [4.78, 5) is 29.1. The molecule has 0 saturated carbocycles. The molecule has 0 unspecified atom stereocenters. The molecular weight excluding hydrogens is 430 g/mol. The van der Waals surface area contributed by atoms with Gasteiger partial charge in [-0.2, -0.15) is 0 Å². The van der Waals surface area contributed by atoms with E-state index in [4.69, 9.17) is 11.6 Å². The average molecular weight is 452 g/mol. The number of nitrogens with one attached hydrogen (secondary N) is 1. The second kappa shape index (κ2) is 9.04. The van der Waals surface area contributed by atoms with Gasteiger partial charge in [-0.1, -0.05) is 29.8 Å². The summed E-state index contributed by atoms with van der Waals surface area (Å²) in [6.07, 6.45) is 0. The molecule has 4 rings (SSSR count). The van der Waals surface area contributed by atoms with Crippen LogP contribution in [0.3, 0.4) is 0 Å². The van der Waals surface area contributed by atoms with Gasteiger partial charge in [0.1, 0.15) is 5.37 Å². The van der Waals surface area contributed by atoms with Crippen LogP contribution in [0.2, 0.25) is 5.02 Å². The fraction of sp³-hybridized carbons (Fsp3) is 0.167. The van der Waals surface area contributed by atoms with Crippen molar-refractivity contribution in [3.05, 3.63) is 88.9 Å². The van der Waals surface area contributed by atoms with Gasteiger partial charge in [-0.05, 0) is 60.2 Å². The third kappa shape index (κ3) is 4.70. The third-order valence-corrected chi connectivity index (χ3v) is 6.48. The van der Waals surface area contributed by atoms with E-state index in [1.807, 2.05) is 72.4 Å². The van der Waals surface area contributed by atoms with E-state index >= 15 is 0 Å². The minimum Gasteiger partial charge on any atom is -0.378 e. The normalized spacial score (nSPS) is 15.8. The van der Waals surface area contributed by atoms with Crippen molar-refractivity contribution >= 4 is 52.2 Å². The smallest absolute Gasteiger partial charge is 0.255 e. The van der Waals surface area contributed by atoms with E-state index in [0.29, 0.717) is 22.0 Å². The van der Waals surface area contributed by atoms with E-state index in [2.05, 4.69) is 5.32 Å². The molecule has 2 amide bonds. The molecule has 0 bridgehead atoms. The number of nitrogens with zero attached hydrogens (tertiary/aromatic N) is 2. The molecule has 1 fully saturated rings. The van der Waals surface area contributed by atoms with Crippen molar-refractivity contribution in [2.45, 2.75) is 5.37 Å². The summed E-state index contributed by atoms with van der Waals surface area (Å²) in [5.74, 6) is 0.256. The first-order valence-electron chi connectivity index (χ1n) is 9.80. The topological polar surface area (TPSA) is 52.6 Å². The van der Waals surface area contributed by atoms with Crippen molar-refractivity contribution < 1.29 is 9.59 Å². The van der Waals surface area contributed by atoms with Gasteiger partial charge in [0.25, 0.3) is 5.91 Å². The van der Waals surface area contributed by atoms with Crippen LogP contribution in [0, 0.1) is 0 Å². The Morgan fingerprint density at radius 1 is 1.06 bits per heavy atom. The molecule has 31 heavy (non-hydrogen) atoms. The molecule has 1 aliphatic heterocycles. The highest BCUT2D eigenvalue weighted by Gasteiger charge is 2.34. The van der Waals surface area contributed by atoms with Crippen LogP contribution >= 0.6 is 23.4 Å². The highest BCUT2D eigenvalue weighted by atomic mass is 35.5. The van der Waals surface area contributed by atoms with Crippen molar-refractivity contribution in [1.82, 2.24) is 0 Å². The zero-order valence-electron chi connectivity index (χ0n) is 17.2. The summed E-state index contributed by atoms with van der Waals surface area (Å²) in [6.45, 7) is 0. The fourth-order valence-electron chi connectivity index (χ4n) is 3.46. The summed E-state index contributed by atoms with van der Waals surface area (Å²) in [5, 5.41) is 3.28. The van der Waals surface area contributed by atoms with Gasteiger partial charge in [0.05, 0.1) is 5.75 Å². The minimum absolute atomic E-state index is 0.0703. The standard InChI is InChI=1S/C24H22ClN3O2S/c1-27(2)20-9-11-21(12-10-20)28-22(29)15-31-24(28)17-6-4-8-19(14-17)26-23(30)16-5-3-7-18(25)13-16/h3-14,24H,15H2,1-2H3,(H,26,30)/t24-/m1/s1. The number of halogens is 1. The minimum atomic E-state index is -0.231. The Bertz CT molecular complexity index is 1120. The van der Waals surface area contributed by atoms with E-state index in [9.17, 15) is 9.59 Å². The number of hydrogen-bond acceptors (Lipinski definition) is 4. The van der Waals surface area contributed by atoms with Crippen LogP contribution in [-0.2, 0) is 4.79 Å². The largest absolute Gasteiger partial charge is 0.378 e. The lowest BCUT2D eigenvalue weighted by molar-refractivity contribution is -0.115. The molecule has 0 aromatic heterocycles. The number of carbonyl (C=O) groups is 2. The first kappa shape index (κ1) is 21.3. The number of thioether (sulfide) groups is 1. The summed E-state index contributed by atoms with van der Waals surface area (Å²) >= 11 is 7.57. The van der Waals surface area contributed by atoms with Gasteiger partial charge < -0.3 is 10.2 Å². The summed E-state index contributed by atoms with van der Waals surface area (Å²) in [7, 11) is 3.97. The number of hydrogen-bond donors (Lipinski definition) is 1. The molecule has 3 aromatic rings. The van der Waals surface area contributed by atoms with Crippen LogP contribution in [0.1, 0.15) is 21.3 Å². The highest BCUT2D eigenvalue weighted by molar-refractivity contribution is 8.00. The Morgan fingerprint density at radius 2 is 1.81 bits per heavy atom. The number of amides is 2. The highest BCUT2D eigenvalue weighted by Crippen LogP contribution is 2.42. The molecule has 7 heteroatoms. The Kier molecular flexibility index (Phi) is 6.20. The number of carbonyl (C=O) groups excluding carboxylic acids is 2. The quantitative estimate of drug-likeness (QED) is 0.561. The van der Waals surface area contributed by atoms with Gasteiger partial charge in [0.15, 0.2) is 0 Å². The van der Waals surface area contributed by atoms with E-state index in [-0.39, 0.29) is 17.2 Å². The lowest BCUT2D eigenvalue weighted by atomic mass is 10.1. The molecule has 0 aliphatic carbocycles. The number of rotatable bonds is 5. The van der Waals surface area contributed by atoms with Crippen LogP contribution in [0.4, 0.5) is 17.1 Å². The van der Waals surface area contributed by atoms with Gasteiger partial charge in [-0.15, -0.1) is 11.8 Å². The molecule has 0 radical (unpaired) electrons. The second-order valence-electron chi connectivity index (χ2n) is 7.43. The van der Waals surface area contributed by atoms with Gasteiger partial charge in [0.2, 0.25) is 5.91 Å². The first-order chi connectivity index (χ1) is 14.9. The van der Waals surface area contributed by atoms with Gasteiger partial charge in [-0.25, -0.2) is 0 Å². The summed E-state index contributed by atoms with van der Waals surface area (Å²) in [6, 6.07) is 22.4. The van der Waals surface area contributed by atoms with Crippen LogP contribution in [0.25, 0.3) is 0 Å². The van der Waals surface area contributed by atoms with Gasteiger partial charge >= 0.3 is 0 Å². The SMILES string of the molecule is CN(C)c1ccc(N2C(=O)CS[C@@H]2c2cccc(NC(=O)c3cccc(Cl)c3)c2)cc1. The zero-order chi connectivity index (χ0) is 22.0. The second-order valence-corrected chi connectivity index (χ2v) is 8.93. The fourth-order valence-corrected chi connectivity index (χ4v) is 4.82. The molecule has 0 spiro atoms. The number of anilines is 3. The van der Waals surface area contributed by atoms with Crippen molar-refractivity contribution in [3.63, 3.8) is 0 Å². The maximum atomic E-state index is 12.7. The molecule has 1 saturated heterocycles. The first-order valence-corrected chi connectivity index (χ1v) is 11.2. The monoisotopic (exact) mass is 451 g/mol. The summed E-state index contributed by atoms with van der Waals surface area (Å²) < 4.78 is 0. The van der Waals surface area contributed by atoms with Gasteiger partial charge in [-0.3, -0.25) is 14.5 Å². The van der Waals surface area contributed by atoms with E-state index in [0.717, 1.165) is 16.9 Å². The van der Waals surface area contributed by atoms with Gasteiger partial charge in [0, 0.05) is 41.7 Å². The van der Waals surface area contributed by atoms with E-state index in [1.54, 1.807) is 36.0 Å². The molecule has 3 aromatic carbocycles. The van der Waals surface area contributed by atoms with E-state index < -0.39 is 0 Å². The summed E-state index contributed by atoms with van der Waals surface area (Å²) in [5.41, 5.74) is 4.05. The molecule has 1 heterocycles. The Balaban J connectivity index is 1.57. The third-order valence-electron chi connectivity index (χ3n) is 5.03. The average Bonchev–Trinajstić information content (AvgIpc) is 3.15. The maximum absolute atomic E-state index is 12.7. The van der Waals surface area contributed by atoms with Crippen LogP contribution < -0.4 is 15.1 Å².